The first-order valence-electron chi connectivity index (χ1n) is 10.2. The summed E-state index contributed by atoms with van der Waals surface area (Å²) in [5.41, 5.74) is 1.63. The summed E-state index contributed by atoms with van der Waals surface area (Å²) in [5.74, 6) is 0. The molecule has 1 aliphatic heterocycles. The lowest BCUT2D eigenvalue weighted by atomic mass is 9.91. The minimum absolute atomic E-state index is 0.114. The summed E-state index contributed by atoms with van der Waals surface area (Å²) in [4.78, 5) is 15.9. The highest BCUT2D eigenvalue weighted by molar-refractivity contribution is 5.78. The van der Waals surface area contributed by atoms with Gasteiger partial charge < -0.3 is 9.80 Å². The maximum Gasteiger partial charge on any atom is 0.321 e. The van der Waals surface area contributed by atoms with Crippen LogP contribution in [0.25, 0.3) is 0 Å². The van der Waals surface area contributed by atoms with Crippen molar-refractivity contribution in [2.75, 3.05) is 13.1 Å². The van der Waals surface area contributed by atoms with Crippen LogP contribution in [0.1, 0.15) is 11.1 Å². The topological polar surface area (TPSA) is 23.6 Å². The van der Waals surface area contributed by atoms with E-state index in [9.17, 15) is 4.79 Å². The molecule has 3 nitrogen and oxygen atoms in total. The molecule has 5 heteroatoms. The Morgan fingerprint density at radius 3 is 1.47 bits per heavy atom. The highest BCUT2D eigenvalue weighted by atomic mass is 19.1. The van der Waals surface area contributed by atoms with E-state index in [4.69, 9.17) is 0 Å². The number of rotatable bonds is 10. The second-order valence-corrected chi connectivity index (χ2v) is 7.56. The Morgan fingerprint density at radius 2 is 1.13 bits per heavy atom. The van der Waals surface area contributed by atoms with Crippen LogP contribution in [0.4, 0.5) is 13.6 Å². The van der Waals surface area contributed by atoms with Crippen LogP contribution < -0.4 is 0 Å². The number of benzene rings is 2. The van der Waals surface area contributed by atoms with Gasteiger partial charge in [0.1, 0.15) is 12.3 Å². The van der Waals surface area contributed by atoms with Gasteiger partial charge in [-0.3, -0.25) is 0 Å². The minimum Gasteiger partial charge on any atom is -0.313 e. The van der Waals surface area contributed by atoms with Gasteiger partial charge in [-0.1, -0.05) is 72.8 Å². The number of hydrogen-bond acceptors (Lipinski definition) is 1. The largest absolute Gasteiger partial charge is 0.321 e. The van der Waals surface area contributed by atoms with E-state index in [1.54, 1.807) is 12.2 Å². The Balaban J connectivity index is 1.92. The number of amides is 2. The average Bonchev–Trinajstić information content (AvgIpc) is 3.02. The molecule has 30 heavy (non-hydrogen) atoms. The van der Waals surface area contributed by atoms with Gasteiger partial charge in [-0.2, -0.15) is 0 Å². The quantitative estimate of drug-likeness (QED) is 0.506. The molecule has 0 N–H and O–H groups in total. The Kier molecular flexibility index (Phi) is 7.39. The molecule has 0 aliphatic carbocycles. The zero-order valence-electron chi connectivity index (χ0n) is 17.0. The summed E-state index contributed by atoms with van der Waals surface area (Å²) >= 11 is 0. The van der Waals surface area contributed by atoms with Crippen molar-refractivity contribution in [1.29, 1.82) is 0 Å². The molecule has 1 saturated heterocycles. The van der Waals surface area contributed by atoms with Gasteiger partial charge in [0.2, 0.25) is 0 Å². The summed E-state index contributed by atoms with van der Waals surface area (Å²) in [6.07, 6.45) is 0.513. The number of nitrogens with zero attached hydrogens (tertiary/aromatic N) is 2. The van der Waals surface area contributed by atoms with Gasteiger partial charge in [0, 0.05) is 25.9 Å². The van der Waals surface area contributed by atoms with E-state index >= 15 is 8.78 Å². The van der Waals surface area contributed by atoms with Gasteiger partial charge in [-0.15, -0.1) is 13.2 Å². The molecule has 0 aromatic heterocycles. The molecule has 0 bridgehead atoms. The molecule has 3 rings (SSSR count). The molecule has 1 heterocycles. The molecule has 0 spiro atoms. The lowest BCUT2D eigenvalue weighted by Gasteiger charge is -2.32. The van der Waals surface area contributed by atoms with Crippen molar-refractivity contribution in [3.05, 3.63) is 97.1 Å². The van der Waals surface area contributed by atoms with Gasteiger partial charge in [0.15, 0.2) is 0 Å². The minimum atomic E-state index is -1.41. The molecular formula is C25H28F2N2O. The molecule has 2 amide bonds. The van der Waals surface area contributed by atoms with Crippen LogP contribution in [-0.2, 0) is 12.8 Å². The van der Waals surface area contributed by atoms with Crippen LogP contribution >= 0.6 is 0 Å². The summed E-state index contributed by atoms with van der Waals surface area (Å²) < 4.78 is 31.3. The Labute approximate surface area is 177 Å². The van der Waals surface area contributed by atoms with Crippen LogP contribution in [0.3, 0.4) is 0 Å². The van der Waals surface area contributed by atoms with Crippen LogP contribution in [-0.4, -0.2) is 53.3 Å². The highest BCUT2D eigenvalue weighted by Crippen LogP contribution is 2.33. The Morgan fingerprint density at radius 1 is 0.767 bits per heavy atom. The number of carbonyl (C=O) groups excluding carboxylic acids is 1. The second kappa shape index (κ2) is 10.2. The van der Waals surface area contributed by atoms with Gasteiger partial charge in [-0.05, 0) is 11.1 Å². The molecule has 0 saturated carbocycles. The smallest absolute Gasteiger partial charge is 0.313 e. The molecule has 158 valence electrons. The SMILES string of the molecule is C=CCN1C(=O)N(CC=C)[C@H]([C@@H](F)Cc2ccccc2)[C@H]1[C@@H](F)Cc1ccccc1. The van der Waals surface area contributed by atoms with Crippen LogP contribution in [0, 0.1) is 0 Å². The summed E-state index contributed by atoms with van der Waals surface area (Å²) in [5, 5.41) is 0. The molecule has 1 aliphatic rings. The highest BCUT2D eigenvalue weighted by Gasteiger charge is 2.52. The van der Waals surface area contributed by atoms with E-state index in [1.807, 2.05) is 60.7 Å². The fraction of sp³-hybridized carbons (Fsp3) is 0.320. The van der Waals surface area contributed by atoms with E-state index in [2.05, 4.69) is 13.2 Å². The van der Waals surface area contributed by atoms with Crippen LogP contribution in [0.2, 0.25) is 0 Å². The normalized spacial score (nSPS) is 20.8. The summed E-state index contributed by atoms with van der Waals surface area (Å²) in [7, 11) is 0. The molecule has 2 aromatic carbocycles. The summed E-state index contributed by atoms with van der Waals surface area (Å²) in [6, 6.07) is 16.3. The van der Waals surface area contributed by atoms with Crippen molar-refractivity contribution in [3.63, 3.8) is 0 Å². The average molecular weight is 411 g/mol. The third kappa shape index (κ3) is 4.78. The van der Waals surface area contributed by atoms with Crippen molar-refractivity contribution < 1.29 is 13.6 Å². The first-order chi connectivity index (χ1) is 14.6. The Bertz CT molecular complexity index is 773. The van der Waals surface area contributed by atoms with Crippen molar-refractivity contribution in [2.45, 2.75) is 37.3 Å². The van der Waals surface area contributed by atoms with Gasteiger partial charge in [0.25, 0.3) is 0 Å². The molecular weight excluding hydrogens is 382 g/mol. The fourth-order valence-electron chi connectivity index (χ4n) is 4.20. The van der Waals surface area contributed by atoms with Crippen molar-refractivity contribution in [2.24, 2.45) is 0 Å². The van der Waals surface area contributed by atoms with Crippen LogP contribution in [0.15, 0.2) is 86.0 Å². The monoisotopic (exact) mass is 410 g/mol. The number of alkyl halides is 2. The molecule has 2 aromatic rings. The van der Waals surface area contributed by atoms with E-state index in [1.165, 1.54) is 9.80 Å². The number of urea groups is 1. The van der Waals surface area contributed by atoms with Gasteiger partial charge >= 0.3 is 6.03 Å². The molecule has 0 unspecified atom stereocenters. The molecule has 0 radical (unpaired) electrons. The lowest BCUT2D eigenvalue weighted by Crippen LogP contribution is -2.50. The standard InChI is InChI=1S/C25H28F2N2O/c1-3-15-28-23(21(26)17-19-11-7-5-8-12-19)24(29(16-4-2)25(28)30)22(27)18-20-13-9-6-10-14-20/h3-14,21-24H,1-2,15-18H2/t21-,22-,23+,24+/m0/s1. The van der Waals surface area contributed by atoms with E-state index in [0.717, 1.165) is 11.1 Å². The van der Waals surface area contributed by atoms with Crippen molar-refractivity contribution in [3.8, 4) is 0 Å². The zero-order chi connectivity index (χ0) is 21.5. The number of carbonyl (C=O) groups is 1. The second-order valence-electron chi connectivity index (χ2n) is 7.56. The van der Waals surface area contributed by atoms with Crippen LogP contribution in [0.5, 0.6) is 0 Å². The third-order valence-electron chi connectivity index (χ3n) is 5.50. The summed E-state index contributed by atoms with van der Waals surface area (Å²) in [6.45, 7) is 7.73. The van der Waals surface area contributed by atoms with E-state index in [-0.39, 0.29) is 32.0 Å². The van der Waals surface area contributed by atoms with E-state index < -0.39 is 24.4 Å². The lowest BCUT2D eigenvalue weighted by molar-refractivity contribution is 0.101. The van der Waals surface area contributed by atoms with Crippen molar-refractivity contribution >= 4 is 6.03 Å². The van der Waals surface area contributed by atoms with Crippen molar-refractivity contribution in [1.82, 2.24) is 9.80 Å². The van der Waals surface area contributed by atoms with Gasteiger partial charge in [0.05, 0.1) is 12.1 Å². The Hall–Kier alpha value is -2.95. The first kappa shape index (κ1) is 21.8. The molecule has 4 atom stereocenters. The third-order valence-corrected chi connectivity index (χ3v) is 5.50. The maximum atomic E-state index is 15.7. The number of hydrogen-bond donors (Lipinski definition) is 0. The predicted octanol–water partition coefficient (Wildman–Crippen LogP) is 4.99. The fourth-order valence-corrected chi connectivity index (χ4v) is 4.20. The number of halogens is 2. The first-order valence-corrected chi connectivity index (χ1v) is 10.2. The predicted molar refractivity (Wildman–Crippen MR) is 117 cm³/mol. The van der Waals surface area contributed by atoms with E-state index in [0.29, 0.717) is 0 Å². The zero-order valence-corrected chi connectivity index (χ0v) is 17.0. The molecule has 1 fully saturated rings. The van der Waals surface area contributed by atoms with Gasteiger partial charge in [-0.25, -0.2) is 13.6 Å². The maximum absolute atomic E-state index is 15.7.